The number of unbranched alkanes of at least 4 members (excludes halogenated alkanes) is 2. The number of hydrogen-bond donors (Lipinski definition) is 2. The first-order chi connectivity index (χ1) is 12.1. The molecule has 0 spiro atoms. The summed E-state index contributed by atoms with van der Waals surface area (Å²) in [6.07, 6.45) is 7.10. The number of hydrogen-bond acceptors (Lipinski definition) is 4. The van der Waals surface area contributed by atoms with Crippen molar-refractivity contribution in [2.24, 2.45) is 0 Å². The Morgan fingerprint density at radius 1 is 1.32 bits per heavy atom. The second-order valence-electron chi connectivity index (χ2n) is 6.00. The van der Waals surface area contributed by atoms with E-state index in [2.05, 4.69) is 11.6 Å². The molecule has 4 nitrogen and oxygen atoms in total. The largest absolute Gasteiger partial charge is 0.513 e. The molecule has 0 bridgehead atoms. The lowest BCUT2D eigenvalue weighted by molar-refractivity contribution is -0.122. The zero-order valence-corrected chi connectivity index (χ0v) is 15.5. The van der Waals surface area contributed by atoms with Crippen LogP contribution in [0.25, 0.3) is 17.0 Å². The van der Waals surface area contributed by atoms with Crippen molar-refractivity contribution in [1.82, 2.24) is 9.88 Å². The van der Waals surface area contributed by atoms with E-state index >= 15 is 0 Å². The Hall–Kier alpha value is -2.05. The fourth-order valence-corrected chi connectivity index (χ4v) is 4.12. The van der Waals surface area contributed by atoms with Gasteiger partial charge in [-0.15, -0.1) is 0 Å². The van der Waals surface area contributed by atoms with Crippen LogP contribution in [-0.4, -0.2) is 31.8 Å². The molecule has 0 radical (unpaired) electrons. The van der Waals surface area contributed by atoms with Crippen LogP contribution >= 0.6 is 24.0 Å². The molecule has 3 rings (SSSR count). The third-order valence-corrected chi connectivity index (χ3v) is 5.51. The number of H-pyrrole nitrogens is 1. The highest BCUT2D eigenvalue weighted by atomic mass is 32.2. The minimum Gasteiger partial charge on any atom is -0.513 e. The molecular weight excluding hydrogens is 352 g/mol. The first-order valence-electron chi connectivity index (χ1n) is 8.24. The lowest BCUT2D eigenvalue weighted by Gasteiger charge is -2.13. The molecule has 2 N–H and O–H groups in total. The molecule has 25 heavy (non-hydrogen) atoms. The van der Waals surface area contributed by atoms with E-state index in [1.54, 1.807) is 4.90 Å². The number of carbonyl (C=O) groups excluding carboxylic acids is 1. The fraction of sp³-hybridized carbons (Fsp3) is 0.263. The van der Waals surface area contributed by atoms with Gasteiger partial charge in [-0.3, -0.25) is 9.69 Å². The summed E-state index contributed by atoms with van der Waals surface area (Å²) < 4.78 is 0.614. The zero-order valence-electron chi connectivity index (χ0n) is 13.8. The number of benzene rings is 1. The number of carbonyl (C=O) groups is 1. The Bertz CT molecular complexity index is 854. The van der Waals surface area contributed by atoms with Crippen LogP contribution in [0.3, 0.4) is 0 Å². The number of nitrogens with one attached hydrogen (secondary N) is 1. The molecule has 1 aromatic heterocycles. The maximum Gasteiger partial charge on any atom is 0.266 e. The fourth-order valence-electron chi connectivity index (χ4n) is 2.82. The monoisotopic (exact) mass is 372 g/mol. The molecule has 6 heteroatoms. The molecule has 1 fully saturated rings. The number of rotatable bonds is 7. The van der Waals surface area contributed by atoms with Gasteiger partial charge in [0.25, 0.3) is 5.91 Å². The van der Waals surface area contributed by atoms with E-state index in [9.17, 15) is 4.79 Å². The topological polar surface area (TPSA) is 56.3 Å². The van der Waals surface area contributed by atoms with Gasteiger partial charge in [0.1, 0.15) is 4.32 Å². The van der Waals surface area contributed by atoms with Crippen molar-refractivity contribution in [2.45, 2.75) is 25.7 Å². The van der Waals surface area contributed by atoms with Gasteiger partial charge in [-0.2, -0.15) is 0 Å². The molecule has 2 aromatic rings. The van der Waals surface area contributed by atoms with Crippen LogP contribution in [0, 0.1) is 0 Å². The maximum atomic E-state index is 12.6. The van der Waals surface area contributed by atoms with Crippen molar-refractivity contribution in [2.75, 3.05) is 6.54 Å². The van der Waals surface area contributed by atoms with Crippen molar-refractivity contribution in [3.8, 4) is 0 Å². The van der Waals surface area contributed by atoms with Gasteiger partial charge in [0, 0.05) is 35.6 Å². The summed E-state index contributed by atoms with van der Waals surface area (Å²) in [6, 6.07) is 8.01. The van der Waals surface area contributed by atoms with Gasteiger partial charge in [-0.25, -0.2) is 0 Å². The van der Waals surface area contributed by atoms with Gasteiger partial charge >= 0.3 is 0 Å². The first-order valence-corrected chi connectivity index (χ1v) is 9.47. The SMILES string of the molecule is C=C(O)CCCCCN1C(=O)/C(=C/c2c[nH]c3ccccc23)SC1=S. The summed E-state index contributed by atoms with van der Waals surface area (Å²) in [5.74, 6) is 0.194. The molecule has 1 aromatic carbocycles. The molecule has 130 valence electrons. The minimum atomic E-state index is -0.0214. The second kappa shape index (κ2) is 7.89. The predicted molar refractivity (Wildman–Crippen MR) is 108 cm³/mol. The standard InChI is InChI=1S/C19H20N2O2S2/c1-13(22)7-3-2-6-10-21-18(23)17(25-19(21)24)11-14-12-20-16-9-5-4-8-15(14)16/h4-5,8-9,11-12,20,22H,1-3,6-7,10H2/b17-11-. The van der Waals surface area contributed by atoms with Gasteiger partial charge in [-0.1, -0.05) is 55.2 Å². The molecule has 0 saturated carbocycles. The van der Waals surface area contributed by atoms with Gasteiger partial charge in [0.2, 0.25) is 0 Å². The van der Waals surface area contributed by atoms with Crippen LogP contribution in [-0.2, 0) is 4.79 Å². The number of aliphatic hydroxyl groups is 1. The van der Waals surface area contributed by atoms with Crippen LogP contribution in [0.2, 0.25) is 0 Å². The Balaban J connectivity index is 1.65. The lowest BCUT2D eigenvalue weighted by Crippen LogP contribution is -2.29. The molecule has 0 atom stereocenters. The molecular formula is C19H20N2O2S2. The van der Waals surface area contributed by atoms with Gasteiger partial charge in [0.05, 0.1) is 10.7 Å². The summed E-state index contributed by atoms with van der Waals surface area (Å²) in [5.41, 5.74) is 2.05. The van der Waals surface area contributed by atoms with Crippen molar-refractivity contribution in [1.29, 1.82) is 0 Å². The van der Waals surface area contributed by atoms with E-state index < -0.39 is 0 Å². The summed E-state index contributed by atoms with van der Waals surface area (Å²) in [6.45, 7) is 4.10. The van der Waals surface area contributed by atoms with Gasteiger partial charge in [0.15, 0.2) is 0 Å². The number of thiocarbonyl (C=S) groups is 1. The summed E-state index contributed by atoms with van der Waals surface area (Å²) in [7, 11) is 0. The minimum absolute atomic E-state index is 0.0214. The number of para-hydroxylation sites is 1. The van der Waals surface area contributed by atoms with E-state index in [1.807, 2.05) is 36.5 Å². The van der Waals surface area contributed by atoms with Crippen LogP contribution in [0.15, 0.2) is 47.7 Å². The van der Waals surface area contributed by atoms with E-state index in [-0.39, 0.29) is 11.7 Å². The number of nitrogens with zero attached hydrogens (tertiary/aromatic N) is 1. The van der Waals surface area contributed by atoms with Crippen LogP contribution < -0.4 is 0 Å². The van der Waals surface area contributed by atoms with E-state index in [4.69, 9.17) is 17.3 Å². The predicted octanol–water partition coefficient (Wildman–Crippen LogP) is 5.00. The number of amides is 1. The molecule has 1 amide bonds. The van der Waals surface area contributed by atoms with Gasteiger partial charge < -0.3 is 10.1 Å². The number of aromatic amines is 1. The molecule has 0 unspecified atom stereocenters. The van der Waals surface area contributed by atoms with E-state index in [0.717, 1.165) is 35.7 Å². The van der Waals surface area contributed by atoms with E-state index in [0.29, 0.717) is 22.2 Å². The number of allylic oxidation sites excluding steroid dienone is 1. The Kier molecular flexibility index (Phi) is 5.60. The molecule has 0 aliphatic carbocycles. The molecule has 2 heterocycles. The Morgan fingerprint density at radius 2 is 2.12 bits per heavy atom. The normalized spacial score (nSPS) is 16.3. The van der Waals surface area contributed by atoms with E-state index in [1.165, 1.54) is 11.8 Å². The van der Waals surface area contributed by atoms with Crippen LogP contribution in [0.1, 0.15) is 31.2 Å². The summed E-state index contributed by atoms with van der Waals surface area (Å²) in [4.78, 5) is 18.2. The quantitative estimate of drug-likeness (QED) is 0.311. The molecule has 1 aliphatic heterocycles. The third kappa shape index (κ3) is 4.14. The second-order valence-corrected chi connectivity index (χ2v) is 7.68. The Morgan fingerprint density at radius 3 is 2.92 bits per heavy atom. The summed E-state index contributed by atoms with van der Waals surface area (Å²) >= 11 is 6.73. The summed E-state index contributed by atoms with van der Waals surface area (Å²) in [5, 5.41) is 10.2. The zero-order chi connectivity index (χ0) is 17.8. The highest BCUT2D eigenvalue weighted by Gasteiger charge is 2.31. The number of aliphatic hydroxyl groups excluding tert-OH is 1. The van der Waals surface area contributed by atoms with Crippen molar-refractivity contribution < 1.29 is 9.90 Å². The maximum absolute atomic E-state index is 12.6. The highest BCUT2D eigenvalue weighted by molar-refractivity contribution is 8.26. The number of aromatic nitrogens is 1. The van der Waals surface area contributed by atoms with Crippen LogP contribution in [0.5, 0.6) is 0 Å². The van der Waals surface area contributed by atoms with Crippen molar-refractivity contribution >= 4 is 51.2 Å². The third-order valence-electron chi connectivity index (χ3n) is 4.13. The van der Waals surface area contributed by atoms with Crippen LogP contribution in [0.4, 0.5) is 0 Å². The lowest BCUT2D eigenvalue weighted by atomic mass is 10.1. The van der Waals surface area contributed by atoms with Crippen molar-refractivity contribution in [3.63, 3.8) is 0 Å². The van der Waals surface area contributed by atoms with Gasteiger partial charge in [-0.05, 0) is 25.0 Å². The van der Waals surface area contributed by atoms with Crippen molar-refractivity contribution in [3.05, 3.63) is 53.3 Å². The molecule has 1 saturated heterocycles. The average molecular weight is 373 g/mol. The molecule has 1 aliphatic rings. The number of thioether (sulfide) groups is 1. The highest BCUT2D eigenvalue weighted by Crippen LogP contribution is 2.34. The smallest absolute Gasteiger partial charge is 0.266 e. The Labute approximate surface area is 156 Å². The average Bonchev–Trinajstić information content (AvgIpc) is 3.10. The number of fused-ring (bicyclic) bond motifs is 1. The first kappa shape index (κ1) is 17.8.